The van der Waals surface area contributed by atoms with Crippen LogP contribution in [0.25, 0.3) is 0 Å². The van der Waals surface area contributed by atoms with Gasteiger partial charge in [-0.05, 0) is 31.4 Å². The summed E-state index contributed by atoms with van der Waals surface area (Å²) in [7, 11) is 0. The van der Waals surface area contributed by atoms with Crippen LogP contribution >= 0.6 is 0 Å². The van der Waals surface area contributed by atoms with Crippen LogP contribution in [0.1, 0.15) is 30.4 Å². The van der Waals surface area contributed by atoms with E-state index in [1.54, 1.807) is 0 Å². The largest absolute Gasteiger partial charge is 0.486 e. The van der Waals surface area contributed by atoms with Crippen molar-refractivity contribution in [2.45, 2.75) is 38.2 Å². The van der Waals surface area contributed by atoms with Gasteiger partial charge >= 0.3 is 5.97 Å². The van der Waals surface area contributed by atoms with Crippen LogP contribution < -0.4 is 4.74 Å². The van der Waals surface area contributed by atoms with Crippen LogP contribution in [0.2, 0.25) is 0 Å². The number of carbonyl (C=O) groups is 1. The predicted octanol–water partition coefficient (Wildman–Crippen LogP) is 2.24. The summed E-state index contributed by atoms with van der Waals surface area (Å²) in [5.74, 6) is 0.290. The lowest BCUT2D eigenvalue weighted by atomic mass is 9.90. The molecule has 1 aromatic rings. The predicted molar refractivity (Wildman–Crippen MR) is 76.2 cm³/mol. The van der Waals surface area contributed by atoms with Crippen molar-refractivity contribution >= 4 is 5.97 Å². The van der Waals surface area contributed by atoms with Crippen LogP contribution in [-0.4, -0.2) is 41.2 Å². The molecule has 0 aliphatic carbocycles. The molecule has 2 aliphatic rings. The van der Waals surface area contributed by atoms with Gasteiger partial charge in [0.2, 0.25) is 0 Å². The molecule has 0 bridgehead atoms. The van der Waals surface area contributed by atoms with Crippen LogP contribution in [-0.2, 0) is 11.2 Å². The number of benzene rings is 1. The molecule has 1 aromatic carbocycles. The standard InChI is InChI=1S/C16H21NO3/c1-12-2-3-14-13(10-12)4-6-16(20-14)7-9-17(11-16)8-5-15(18)19/h2-3,10H,4-9,11H2,1H3,(H,18,19). The molecule has 4 nitrogen and oxygen atoms in total. The Hall–Kier alpha value is -1.55. The highest BCUT2D eigenvalue weighted by Gasteiger charge is 2.42. The van der Waals surface area contributed by atoms with Crippen molar-refractivity contribution < 1.29 is 14.6 Å². The number of rotatable bonds is 3. The summed E-state index contributed by atoms with van der Waals surface area (Å²) >= 11 is 0. The maximum Gasteiger partial charge on any atom is 0.304 e. The van der Waals surface area contributed by atoms with Gasteiger partial charge in [-0.15, -0.1) is 0 Å². The number of nitrogens with zero attached hydrogens (tertiary/aromatic N) is 1. The van der Waals surface area contributed by atoms with Gasteiger partial charge in [-0.2, -0.15) is 0 Å². The van der Waals surface area contributed by atoms with E-state index >= 15 is 0 Å². The Morgan fingerprint density at radius 3 is 3.10 bits per heavy atom. The average molecular weight is 275 g/mol. The van der Waals surface area contributed by atoms with Gasteiger partial charge in [0.1, 0.15) is 11.4 Å². The summed E-state index contributed by atoms with van der Waals surface area (Å²) in [6.45, 7) is 4.52. The van der Waals surface area contributed by atoms with E-state index in [9.17, 15) is 4.79 Å². The normalized spacial score (nSPS) is 25.4. The number of carboxylic acid groups (broad SMARTS) is 1. The van der Waals surface area contributed by atoms with E-state index in [0.29, 0.717) is 6.54 Å². The summed E-state index contributed by atoms with van der Waals surface area (Å²) in [5, 5.41) is 8.77. The molecule has 1 saturated heterocycles. The highest BCUT2D eigenvalue weighted by Crippen LogP contribution is 2.38. The molecule has 0 amide bonds. The van der Waals surface area contributed by atoms with E-state index in [1.165, 1.54) is 11.1 Å². The molecule has 0 radical (unpaired) electrons. The lowest BCUT2D eigenvalue weighted by molar-refractivity contribution is -0.137. The molecule has 2 heterocycles. The van der Waals surface area contributed by atoms with E-state index in [0.717, 1.165) is 38.1 Å². The average Bonchev–Trinajstić information content (AvgIpc) is 2.80. The topological polar surface area (TPSA) is 49.8 Å². The van der Waals surface area contributed by atoms with Crippen LogP contribution in [0.5, 0.6) is 5.75 Å². The second kappa shape index (κ2) is 5.09. The first-order chi connectivity index (χ1) is 9.56. The monoisotopic (exact) mass is 275 g/mol. The summed E-state index contributed by atoms with van der Waals surface area (Å²) in [6.07, 6.45) is 3.31. The Morgan fingerprint density at radius 1 is 1.45 bits per heavy atom. The molecule has 108 valence electrons. The SMILES string of the molecule is Cc1ccc2c(c1)CCC1(CCN(CCC(=O)O)C1)O2. The van der Waals surface area contributed by atoms with Gasteiger partial charge in [-0.3, -0.25) is 9.69 Å². The molecule has 3 rings (SSSR count). The molecule has 2 aliphatic heterocycles. The van der Waals surface area contributed by atoms with E-state index in [-0.39, 0.29) is 12.0 Å². The number of fused-ring (bicyclic) bond motifs is 1. The zero-order valence-corrected chi connectivity index (χ0v) is 11.9. The number of carboxylic acids is 1. The van der Waals surface area contributed by atoms with Crippen LogP contribution in [0.4, 0.5) is 0 Å². The third kappa shape index (κ3) is 2.66. The quantitative estimate of drug-likeness (QED) is 0.919. The van der Waals surface area contributed by atoms with Crippen LogP contribution in [0.15, 0.2) is 18.2 Å². The number of aliphatic carboxylic acids is 1. The minimum atomic E-state index is -0.726. The fourth-order valence-corrected chi connectivity index (χ4v) is 3.31. The zero-order chi connectivity index (χ0) is 14.2. The zero-order valence-electron chi connectivity index (χ0n) is 11.9. The van der Waals surface area contributed by atoms with Crippen molar-refractivity contribution in [3.63, 3.8) is 0 Å². The molecule has 0 saturated carbocycles. The third-order valence-electron chi connectivity index (χ3n) is 4.43. The molecule has 4 heteroatoms. The summed E-state index contributed by atoms with van der Waals surface area (Å²) in [5.41, 5.74) is 2.48. The minimum absolute atomic E-state index is 0.0965. The van der Waals surface area contributed by atoms with Crippen molar-refractivity contribution in [2.24, 2.45) is 0 Å². The molecule has 1 fully saturated rings. The number of likely N-dealkylation sites (tertiary alicyclic amines) is 1. The summed E-state index contributed by atoms with van der Waals surface area (Å²) < 4.78 is 6.28. The number of hydrogen-bond acceptors (Lipinski definition) is 3. The molecular weight excluding hydrogens is 254 g/mol. The number of aryl methyl sites for hydroxylation is 2. The minimum Gasteiger partial charge on any atom is -0.486 e. The van der Waals surface area contributed by atoms with E-state index in [4.69, 9.17) is 9.84 Å². The molecule has 20 heavy (non-hydrogen) atoms. The Balaban J connectivity index is 1.67. The van der Waals surface area contributed by atoms with Crippen molar-refractivity contribution in [3.8, 4) is 5.75 Å². The Kier molecular flexibility index (Phi) is 3.42. The molecule has 1 unspecified atom stereocenters. The van der Waals surface area contributed by atoms with Crippen LogP contribution in [0.3, 0.4) is 0 Å². The fraction of sp³-hybridized carbons (Fsp3) is 0.562. The maximum absolute atomic E-state index is 10.7. The van der Waals surface area contributed by atoms with Crippen molar-refractivity contribution in [3.05, 3.63) is 29.3 Å². The van der Waals surface area contributed by atoms with E-state index in [1.807, 2.05) is 0 Å². The molecule has 1 N–H and O–H groups in total. The smallest absolute Gasteiger partial charge is 0.304 e. The van der Waals surface area contributed by atoms with Crippen molar-refractivity contribution in [2.75, 3.05) is 19.6 Å². The van der Waals surface area contributed by atoms with Gasteiger partial charge in [0.15, 0.2) is 0 Å². The maximum atomic E-state index is 10.7. The molecular formula is C16H21NO3. The van der Waals surface area contributed by atoms with Gasteiger partial charge < -0.3 is 9.84 Å². The van der Waals surface area contributed by atoms with Crippen molar-refractivity contribution in [1.29, 1.82) is 0 Å². The van der Waals surface area contributed by atoms with Gasteiger partial charge in [-0.1, -0.05) is 17.7 Å². The van der Waals surface area contributed by atoms with Crippen LogP contribution in [0, 0.1) is 6.92 Å². The summed E-state index contributed by atoms with van der Waals surface area (Å²) in [6, 6.07) is 6.37. The summed E-state index contributed by atoms with van der Waals surface area (Å²) in [4.78, 5) is 12.9. The Bertz CT molecular complexity index is 528. The van der Waals surface area contributed by atoms with Gasteiger partial charge in [0.25, 0.3) is 0 Å². The lowest BCUT2D eigenvalue weighted by Gasteiger charge is -2.36. The second-order valence-electron chi connectivity index (χ2n) is 6.07. The molecule has 0 aromatic heterocycles. The third-order valence-corrected chi connectivity index (χ3v) is 4.43. The second-order valence-corrected chi connectivity index (χ2v) is 6.07. The van der Waals surface area contributed by atoms with E-state index < -0.39 is 5.97 Å². The van der Waals surface area contributed by atoms with Gasteiger partial charge in [0.05, 0.1) is 6.42 Å². The number of hydrogen-bond donors (Lipinski definition) is 1. The van der Waals surface area contributed by atoms with E-state index in [2.05, 4.69) is 30.0 Å². The molecule has 1 spiro atoms. The highest BCUT2D eigenvalue weighted by atomic mass is 16.5. The first-order valence-electron chi connectivity index (χ1n) is 7.29. The Morgan fingerprint density at radius 2 is 2.30 bits per heavy atom. The number of ether oxygens (including phenoxy) is 1. The fourth-order valence-electron chi connectivity index (χ4n) is 3.31. The molecule has 1 atom stereocenters. The first kappa shape index (κ1) is 13.4. The first-order valence-corrected chi connectivity index (χ1v) is 7.29. The highest BCUT2D eigenvalue weighted by molar-refractivity contribution is 5.66. The van der Waals surface area contributed by atoms with Crippen molar-refractivity contribution in [1.82, 2.24) is 4.90 Å². The Labute approximate surface area is 119 Å². The van der Waals surface area contributed by atoms with Gasteiger partial charge in [0, 0.05) is 26.1 Å². The lowest BCUT2D eigenvalue weighted by Crippen LogP contribution is -2.42. The van der Waals surface area contributed by atoms with Gasteiger partial charge in [-0.25, -0.2) is 0 Å².